The number of unbranched alkanes of at least 4 members (excludes halogenated alkanes) is 7. The maximum Gasteiger partial charge on any atom is 0.500 e. The first kappa shape index (κ1) is 35.3. The van der Waals surface area contributed by atoms with E-state index < -0.39 is 17.6 Å². The lowest BCUT2D eigenvalue weighted by Crippen LogP contribution is -2.43. The summed E-state index contributed by atoms with van der Waals surface area (Å²) in [7, 11) is 6.36. The largest absolute Gasteiger partial charge is 0.500 e. The molecular formula is C23H55NO6Si3. The van der Waals surface area contributed by atoms with E-state index in [1.807, 2.05) is 6.08 Å². The van der Waals surface area contributed by atoms with E-state index in [0.29, 0.717) is 0 Å². The second kappa shape index (κ2) is 25.2. The van der Waals surface area contributed by atoms with E-state index in [2.05, 4.69) is 11.9 Å². The van der Waals surface area contributed by atoms with Crippen molar-refractivity contribution >= 4 is 27.9 Å². The number of allylic oxidation sites excluding steroid dienone is 1. The normalized spacial score (nSPS) is 11.9. The summed E-state index contributed by atoms with van der Waals surface area (Å²) < 4.78 is 32.2. The molecule has 0 saturated heterocycles. The van der Waals surface area contributed by atoms with Crippen LogP contribution in [0.4, 0.5) is 0 Å². The topological polar surface area (TPSA) is 67.4 Å². The highest BCUT2D eigenvalue weighted by Gasteiger charge is 2.37. The summed E-state index contributed by atoms with van der Waals surface area (Å²) >= 11 is 0. The standard InChI is InChI=1S/C12H31NO6Si2.C11H24Si/c1-14-20(15-2,16-3)11-7-9-13-10-8-12-21(17-4,18-5)19-6;1-2-3-4-5-6-7-8-9-10-11-12/h13H,7-12H2,1-6H3;2H,1,3-11H2,12H3. The van der Waals surface area contributed by atoms with E-state index in [9.17, 15) is 0 Å². The minimum absolute atomic E-state index is 0.802. The van der Waals surface area contributed by atoms with Crippen LogP contribution in [0.1, 0.15) is 64.2 Å². The lowest BCUT2D eigenvalue weighted by Gasteiger charge is -2.25. The molecule has 0 saturated carbocycles. The first-order chi connectivity index (χ1) is 16.0. The maximum absolute atomic E-state index is 5.37. The molecule has 0 unspecified atom stereocenters. The summed E-state index contributed by atoms with van der Waals surface area (Å²) in [6.45, 7) is 5.51. The zero-order valence-electron chi connectivity index (χ0n) is 22.8. The van der Waals surface area contributed by atoms with Gasteiger partial charge in [-0.1, -0.05) is 50.6 Å². The lowest BCUT2D eigenvalue weighted by atomic mass is 10.1. The fourth-order valence-corrected chi connectivity index (χ4v) is 7.46. The van der Waals surface area contributed by atoms with Gasteiger partial charge in [0.25, 0.3) is 0 Å². The van der Waals surface area contributed by atoms with Crippen LogP contribution in [0.15, 0.2) is 12.7 Å². The fraction of sp³-hybridized carbons (Fsp3) is 0.913. The van der Waals surface area contributed by atoms with Crippen LogP contribution in [0.25, 0.3) is 0 Å². The SMILES string of the molecule is C=CCCCCCCCCC[SiH3].CO[Si](CCCNCCC[Si](OC)(OC)OC)(OC)OC. The average molecular weight is 526 g/mol. The van der Waals surface area contributed by atoms with E-state index in [1.54, 1.807) is 42.7 Å². The molecule has 0 bridgehead atoms. The van der Waals surface area contributed by atoms with Gasteiger partial charge in [-0.3, -0.25) is 0 Å². The van der Waals surface area contributed by atoms with Gasteiger partial charge >= 0.3 is 17.6 Å². The fourth-order valence-electron chi connectivity index (χ4n) is 3.52. The predicted octanol–water partition coefficient (Wildman–Crippen LogP) is 4.19. The first-order valence-electron chi connectivity index (χ1n) is 12.6. The van der Waals surface area contributed by atoms with E-state index in [1.165, 1.54) is 67.7 Å². The van der Waals surface area contributed by atoms with E-state index in [4.69, 9.17) is 26.6 Å². The highest BCUT2D eigenvalue weighted by atomic mass is 28.4. The number of rotatable bonds is 23. The Labute approximate surface area is 210 Å². The van der Waals surface area contributed by atoms with Crippen molar-refractivity contribution in [3.8, 4) is 0 Å². The van der Waals surface area contributed by atoms with Crippen molar-refractivity contribution in [2.24, 2.45) is 0 Å². The van der Waals surface area contributed by atoms with E-state index >= 15 is 0 Å². The molecule has 0 aliphatic rings. The van der Waals surface area contributed by atoms with Crippen LogP contribution in [0.2, 0.25) is 18.1 Å². The van der Waals surface area contributed by atoms with E-state index in [0.717, 1.165) is 38.0 Å². The molecule has 0 aliphatic heterocycles. The van der Waals surface area contributed by atoms with Gasteiger partial charge in [-0.05, 0) is 38.8 Å². The van der Waals surface area contributed by atoms with Gasteiger partial charge < -0.3 is 31.9 Å². The molecule has 10 heteroatoms. The zero-order chi connectivity index (χ0) is 25.3. The molecule has 7 nitrogen and oxygen atoms in total. The quantitative estimate of drug-likeness (QED) is 0.122. The van der Waals surface area contributed by atoms with Crippen molar-refractivity contribution in [1.82, 2.24) is 5.32 Å². The number of hydrogen-bond acceptors (Lipinski definition) is 7. The Morgan fingerprint density at radius 3 is 1.30 bits per heavy atom. The van der Waals surface area contributed by atoms with Gasteiger partial charge in [-0.25, -0.2) is 0 Å². The van der Waals surface area contributed by atoms with Crippen LogP contribution in [0.3, 0.4) is 0 Å². The Balaban J connectivity index is 0. The average Bonchev–Trinajstić information content (AvgIpc) is 2.86. The molecule has 0 radical (unpaired) electrons. The molecule has 0 heterocycles. The number of hydrogen-bond donors (Lipinski definition) is 1. The minimum Gasteiger partial charge on any atom is -0.377 e. The van der Waals surface area contributed by atoms with Crippen molar-refractivity contribution in [2.75, 3.05) is 55.7 Å². The Morgan fingerprint density at radius 2 is 0.970 bits per heavy atom. The van der Waals surface area contributed by atoms with Crippen LogP contribution in [0, 0.1) is 0 Å². The summed E-state index contributed by atoms with van der Waals surface area (Å²) in [4.78, 5) is 0. The molecule has 0 aromatic carbocycles. The van der Waals surface area contributed by atoms with Crippen molar-refractivity contribution in [3.05, 3.63) is 12.7 Å². The molecular weight excluding hydrogens is 471 g/mol. The van der Waals surface area contributed by atoms with Gasteiger partial charge in [0.05, 0.1) is 0 Å². The van der Waals surface area contributed by atoms with Crippen LogP contribution in [0.5, 0.6) is 0 Å². The van der Waals surface area contributed by atoms with Gasteiger partial charge in [-0.15, -0.1) is 6.58 Å². The van der Waals surface area contributed by atoms with Gasteiger partial charge in [0.1, 0.15) is 0 Å². The third-order valence-corrected chi connectivity index (χ3v) is 12.2. The van der Waals surface area contributed by atoms with Crippen molar-refractivity contribution in [1.29, 1.82) is 0 Å². The summed E-state index contributed by atoms with van der Waals surface area (Å²) in [5, 5.41) is 3.39. The Hall–Kier alpha value is 0.111. The predicted molar refractivity (Wildman–Crippen MR) is 147 cm³/mol. The molecule has 0 atom stereocenters. The molecule has 0 aliphatic carbocycles. The highest BCUT2D eigenvalue weighted by molar-refractivity contribution is 6.60. The molecule has 0 spiro atoms. The van der Waals surface area contributed by atoms with Crippen LogP contribution < -0.4 is 5.32 Å². The Bertz CT molecular complexity index is 373. The number of nitrogens with one attached hydrogen (secondary N) is 1. The third kappa shape index (κ3) is 19.0. The van der Waals surface area contributed by atoms with Gasteiger partial charge in [0.15, 0.2) is 0 Å². The second-order valence-electron chi connectivity index (χ2n) is 8.10. The summed E-state index contributed by atoms with van der Waals surface area (Å²) in [6.07, 6.45) is 15.2. The van der Waals surface area contributed by atoms with Crippen molar-refractivity contribution < 1.29 is 26.6 Å². The minimum atomic E-state index is -2.43. The molecule has 0 aromatic rings. The van der Waals surface area contributed by atoms with Crippen molar-refractivity contribution in [2.45, 2.75) is 82.3 Å². The molecule has 200 valence electrons. The molecule has 0 aromatic heterocycles. The Kier molecular flexibility index (Phi) is 26.9. The summed E-state index contributed by atoms with van der Waals surface area (Å²) in [5.41, 5.74) is 0. The van der Waals surface area contributed by atoms with Gasteiger partial charge in [0, 0.05) is 65.0 Å². The van der Waals surface area contributed by atoms with Gasteiger partial charge in [0.2, 0.25) is 0 Å². The molecule has 0 fully saturated rings. The first-order valence-corrected chi connectivity index (χ1v) is 17.9. The van der Waals surface area contributed by atoms with E-state index in [-0.39, 0.29) is 0 Å². The van der Waals surface area contributed by atoms with Crippen LogP contribution in [-0.2, 0) is 26.6 Å². The summed E-state index contributed by atoms with van der Waals surface area (Å²) in [6, 6.07) is 3.10. The molecule has 33 heavy (non-hydrogen) atoms. The van der Waals surface area contributed by atoms with Crippen LogP contribution in [-0.4, -0.2) is 83.6 Å². The highest BCUT2D eigenvalue weighted by Crippen LogP contribution is 2.15. The van der Waals surface area contributed by atoms with Crippen LogP contribution >= 0.6 is 0 Å². The molecule has 0 amide bonds. The van der Waals surface area contributed by atoms with Gasteiger partial charge in [-0.2, -0.15) is 0 Å². The third-order valence-electron chi connectivity index (χ3n) is 5.80. The summed E-state index contributed by atoms with van der Waals surface area (Å²) in [5.74, 6) is 0. The second-order valence-corrected chi connectivity index (χ2v) is 15.3. The Morgan fingerprint density at radius 1 is 0.606 bits per heavy atom. The van der Waals surface area contributed by atoms with Crippen molar-refractivity contribution in [3.63, 3.8) is 0 Å². The monoisotopic (exact) mass is 525 g/mol. The molecule has 0 rings (SSSR count). The maximum atomic E-state index is 5.37. The molecule has 1 N–H and O–H groups in total. The smallest absolute Gasteiger partial charge is 0.377 e. The lowest BCUT2D eigenvalue weighted by molar-refractivity contribution is 0.123. The zero-order valence-corrected chi connectivity index (χ0v) is 26.8.